The Morgan fingerprint density at radius 3 is 2.43 bits per heavy atom. The largest absolute Gasteiger partial charge is 0.399 e. The number of nitrogen functional groups attached to an aromatic ring is 1. The number of amides is 1. The van der Waals surface area contributed by atoms with Crippen molar-refractivity contribution in [3.05, 3.63) is 23.8 Å². The fraction of sp³-hybridized carbons (Fsp3) is 0.562. The maximum Gasteiger partial charge on any atom is 0.238 e. The highest BCUT2D eigenvalue weighted by Gasteiger charge is 2.27. The van der Waals surface area contributed by atoms with Crippen LogP contribution in [0.2, 0.25) is 0 Å². The second-order valence-corrected chi connectivity index (χ2v) is 7.45. The van der Waals surface area contributed by atoms with E-state index in [1.165, 1.54) is 12.8 Å². The maximum absolute atomic E-state index is 12.7. The molecule has 4 nitrogen and oxygen atoms in total. The minimum atomic E-state index is -1.33. The second kappa shape index (κ2) is 7.07. The van der Waals surface area contributed by atoms with Crippen molar-refractivity contribution < 1.29 is 9.00 Å². The summed E-state index contributed by atoms with van der Waals surface area (Å²) in [6.07, 6.45) is 4.45. The van der Waals surface area contributed by atoms with Crippen LogP contribution >= 0.6 is 0 Å². The predicted octanol–water partition coefficient (Wildman–Crippen LogP) is 2.48. The van der Waals surface area contributed by atoms with Crippen LogP contribution in [0.15, 0.2) is 23.1 Å². The van der Waals surface area contributed by atoms with Crippen LogP contribution in [0.5, 0.6) is 0 Å². The molecule has 21 heavy (non-hydrogen) atoms. The minimum Gasteiger partial charge on any atom is -0.399 e. The number of carbonyl (C=O) groups excluding carboxylic acids is 1. The molecule has 0 aliphatic carbocycles. The predicted molar refractivity (Wildman–Crippen MR) is 86.5 cm³/mol. The Kier molecular flexibility index (Phi) is 5.39. The summed E-state index contributed by atoms with van der Waals surface area (Å²) in [7, 11) is -1.33. The summed E-state index contributed by atoms with van der Waals surface area (Å²) in [6, 6.07) is 5.31. The Morgan fingerprint density at radius 2 is 1.86 bits per heavy atom. The molecule has 2 N–H and O–H groups in total. The summed E-state index contributed by atoms with van der Waals surface area (Å²) in [4.78, 5) is 15.1. The normalized spacial score (nSPS) is 18.9. The van der Waals surface area contributed by atoms with Crippen molar-refractivity contribution in [2.75, 3.05) is 18.8 Å². The van der Waals surface area contributed by atoms with Gasteiger partial charge in [-0.3, -0.25) is 9.00 Å². The van der Waals surface area contributed by atoms with Crippen LogP contribution in [0.25, 0.3) is 0 Å². The third-order valence-electron chi connectivity index (χ3n) is 4.00. The summed E-state index contributed by atoms with van der Waals surface area (Å²) in [5.41, 5.74) is 7.25. The van der Waals surface area contributed by atoms with Crippen LogP contribution in [0.1, 0.15) is 38.2 Å². The molecule has 2 rings (SSSR count). The molecular weight excluding hydrogens is 284 g/mol. The van der Waals surface area contributed by atoms with Crippen molar-refractivity contribution >= 4 is 22.4 Å². The molecule has 0 aromatic heterocycles. The zero-order valence-electron chi connectivity index (χ0n) is 12.8. The molecule has 1 heterocycles. The second-order valence-electron chi connectivity index (χ2n) is 5.70. The van der Waals surface area contributed by atoms with Gasteiger partial charge in [0.1, 0.15) is 5.25 Å². The molecule has 0 spiro atoms. The van der Waals surface area contributed by atoms with E-state index in [2.05, 4.69) is 0 Å². The SMILES string of the molecule is Cc1cc(N)ccc1S(=O)C(C)C(=O)N1CCCCCC1. The van der Waals surface area contributed by atoms with E-state index >= 15 is 0 Å². The molecule has 1 aromatic carbocycles. The highest BCUT2D eigenvalue weighted by molar-refractivity contribution is 7.86. The van der Waals surface area contributed by atoms with Crippen LogP contribution < -0.4 is 5.73 Å². The molecule has 2 atom stereocenters. The van der Waals surface area contributed by atoms with Crippen molar-refractivity contribution in [1.29, 1.82) is 0 Å². The van der Waals surface area contributed by atoms with Crippen molar-refractivity contribution in [3.8, 4) is 0 Å². The van der Waals surface area contributed by atoms with Crippen LogP contribution in [0, 0.1) is 6.92 Å². The van der Waals surface area contributed by atoms with Gasteiger partial charge >= 0.3 is 0 Å². The number of nitrogens with two attached hydrogens (primary N) is 1. The Balaban J connectivity index is 2.12. The van der Waals surface area contributed by atoms with Crippen LogP contribution in [0.3, 0.4) is 0 Å². The lowest BCUT2D eigenvalue weighted by Crippen LogP contribution is -2.40. The zero-order valence-corrected chi connectivity index (χ0v) is 13.6. The molecule has 1 amide bonds. The summed E-state index contributed by atoms with van der Waals surface area (Å²) in [5.74, 6) is 0.00598. The van der Waals surface area contributed by atoms with E-state index in [1.807, 2.05) is 11.8 Å². The van der Waals surface area contributed by atoms with Gasteiger partial charge in [-0.1, -0.05) is 12.8 Å². The number of hydrogen-bond donors (Lipinski definition) is 1. The molecule has 5 heteroatoms. The number of anilines is 1. The number of likely N-dealkylation sites (tertiary alicyclic amines) is 1. The van der Waals surface area contributed by atoms with Gasteiger partial charge in [-0.2, -0.15) is 0 Å². The van der Waals surface area contributed by atoms with E-state index in [1.54, 1.807) is 25.1 Å². The van der Waals surface area contributed by atoms with Crippen LogP contribution in [0.4, 0.5) is 5.69 Å². The zero-order chi connectivity index (χ0) is 15.4. The van der Waals surface area contributed by atoms with Gasteiger partial charge in [-0.05, 0) is 50.5 Å². The van der Waals surface area contributed by atoms with E-state index in [-0.39, 0.29) is 5.91 Å². The van der Waals surface area contributed by atoms with Gasteiger partial charge in [-0.15, -0.1) is 0 Å². The average molecular weight is 308 g/mol. The number of benzene rings is 1. The fourth-order valence-electron chi connectivity index (χ4n) is 2.73. The highest BCUT2D eigenvalue weighted by atomic mass is 32.2. The van der Waals surface area contributed by atoms with Gasteiger partial charge in [0.05, 0.1) is 10.8 Å². The summed E-state index contributed by atoms with van der Waals surface area (Å²) >= 11 is 0. The van der Waals surface area contributed by atoms with Gasteiger partial charge in [0.2, 0.25) is 5.91 Å². The average Bonchev–Trinajstić information content (AvgIpc) is 2.74. The Bertz CT molecular complexity index is 537. The standard InChI is InChI=1S/C16H24N2O2S/c1-12-11-14(17)7-8-15(12)21(20)13(2)16(19)18-9-5-3-4-6-10-18/h7-8,11,13H,3-6,9-10,17H2,1-2H3. The molecule has 0 radical (unpaired) electrons. The van der Waals surface area contributed by atoms with E-state index in [0.29, 0.717) is 10.6 Å². The van der Waals surface area contributed by atoms with Gasteiger partial charge in [0.25, 0.3) is 0 Å². The van der Waals surface area contributed by atoms with E-state index < -0.39 is 16.0 Å². The Morgan fingerprint density at radius 1 is 1.24 bits per heavy atom. The molecular formula is C16H24N2O2S. The molecule has 1 aliphatic heterocycles. The summed E-state index contributed by atoms with van der Waals surface area (Å²) < 4.78 is 12.7. The first-order valence-corrected chi connectivity index (χ1v) is 8.77. The van der Waals surface area contributed by atoms with E-state index in [4.69, 9.17) is 5.73 Å². The van der Waals surface area contributed by atoms with Crippen LogP contribution in [-0.2, 0) is 15.6 Å². The molecule has 1 saturated heterocycles. The van der Waals surface area contributed by atoms with Gasteiger partial charge in [0.15, 0.2) is 0 Å². The summed E-state index contributed by atoms with van der Waals surface area (Å²) in [6.45, 7) is 5.23. The van der Waals surface area contributed by atoms with E-state index in [0.717, 1.165) is 31.5 Å². The number of hydrogen-bond acceptors (Lipinski definition) is 3. The molecule has 0 bridgehead atoms. The highest BCUT2D eigenvalue weighted by Crippen LogP contribution is 2.21. The third-order valence-corrected chi connectivity index (χ3v) is 5.74. The maximum atomic E-state index is 12.7. The Labute approximate surface area is 129 Å². The number of carbonyl (C=O) groups is 1. The minimum absolute atomic E-state index is 0.00598. The fourth-order valence-corrected chi connectivity index (χ4v) is 4.02. The molecule has 1 fully saturated rings. The lowest BCUT2D eigenvalue weighted by molar-refractivity contribution is -0.130. The lowest BCUT2D eigenvalue weighted by atomic mass is 10.2. The van der Waals surface area contributed by atoms with Gasteiger partial charge < -0.3 is 10.6 Å². The molecule has 1 aromatic rings. The summed E-state index contributed by atoms with van der Waals surface area (Å²) in [5, 5.41) is -0.509. The monoisotopic (exact) mass is 308 g/mol. The van der Waals surface area contributed by atoms with Gasteiger partial charge in [0, 0.05) is 23.7 Å². The van der Waals surface area contributed by atoms with Crippen molar-refractivity contribution in [3.63, 3.8) is 0 Å². The van der Waals surface area contributed by atoms with Gasteiger partial charge in [-0.25, -0.2) is 0 Å². The van der Waals surface area contributed by atoms with Crippen molar-refractivity contribution in [2.45, 2.75) is 49.7 Å². The molecule has 1 aliphatic rings. The first kappa shape index (κ1) is 16.0. The van der Waals surface area contributed by atoms with Crippen LogP contribution in [-0.4, -0.2) is 33.4 Å². The van der Waals surface area contributed by atoms with Crippen molar-refractivity contribution in [1.82, 2.24) is 4.90 Å². The quantitative estimate of drug-likeness (QED) is 0.873. The van der Waals surface area contributed by atoms with E-state index in [9.17, 15) is 9.00 Å². The number of aryl methyl sites for hydroxylation is 1. The third kappa shape index (κ3) is 3.84. The lowest BCUT2D eigenvalue weighted by Gasteiger charge is -2.24. The smallest absolute Gasteiger partial charge is 0.238 e. The molecule has 116 valence electrons. The molecule has 0 saturated carbocycles. The molecule has 2 unspecified atom stereocenters. The Hall–Kier alpha value is -1.36. The number of rotatable bonds is 3. The topological polar surface area (TPSA) is 63.4 Å². The number of nitrogens with zero attached hydrogens (tertiary/aromatic N) is 1. The first-order valence-electron chi connectivity index (χ1n) is 7.56. The first-order chi connectivity index (χ1) is 10.0. The van der Waals surface area contributed by atoms with Crippen molar-refractivity contribution in [2.24, 2.45) is 0 Å².